The Bertz CT molecular complexity index is 1040. The third kappa shape index (κ3) is 6.46. The number of hydrogen-bond donors (Lipinski definition) is 2. The maximum atomic E-state index is 12.6. The standard InChI is InChI=1S/C26H28N2O2S/c1-18(31-23-11-6-5-7-12-23)24(29)27-21-9-8-10-22(17-21)28-25(30)19-13-15-20(16-14-19)26(2,3)4/h5-18H,1-4H3,(H,27,29)(H,28,30)/t18-/m0/s1. The van der Waals surface area contributed by atoms with Gasteiger partial charge < -0.3 is 10.6 Å². The second kappa shape index (κ2) is 9.84. The largest absolute Gasteiger partial charge is 0.325 e. The maximum Gasteiger partial charge on any atom is 0.255 e. The van der Waals surface area contributed by atoms with Crippen LogP contribution in [0.15, 0.2) is 83.8 Å². The van der Waals surface area contributed by atoms with Crippen LogP contribution in [0.5, 0.6) is 0 Å². The van der Waals surface area contributed by atoms with Gasteiger partial charge in [0.15, 0.2) is 0 Å². The van der Waals surface area contributed by atoms with Gasteiger partial charge in [-0.25, -0.2) is 0 Å². The Morgan fingerprint density at radius 2 is 1.42 bits per heavy atom. The van der Waals surface area contributed by atoms with E-state index in [1.165, 1.54) is 17.3 Å². The van der Waals surface area contributed by atoms with Gasteiger partial charge in [0.2, 0.25) is 5.91 Å². The van der Waals surface area contributed by atoms with E-state index in [9.17, 15) is 9.59 Å². The Balaban J connectivity index is 1.62. The lowest BCUT2D eigenvalue weighted by molar-refractivity contribution is -0.115. The van der Waals surface area contributed by atoms with Gasteiger partial charge in [-0.15, -0.1) is 11.8 Å². The van der Waals surface area contributed by atoms with Crippen molar-refractivity contribution in [3.05, 3.63) is 90.0 Å². The number of rotatable bonds is 6. The molecule has 160 valence electrons. The molecule has 0 unspecified atom stereocenters. The van der Waals surface area contributed by atoms with Crippen molar-refractivity contribution in [2.24, 2.45) is 0 Å². The Morgan fingerprint density at radius 1 is 0.806 bits per heavy atom. The fraction of sp³-hybridized carbons (Fsp3) is 0.231. The van der Waals surface area contributed by atoms with Crippen molar-refractivity contribution >= 4 is 35.0 Å². The molecule has 0 aromatic heterocycles. The number of nitrogens with one attached hydrogen (secondary N) is 2. The fourth-order valence-electron chi connectivity index (χ4n) is 3.00. The van der Waals surface area contributed by atoms with E-state index in [-0.39, 0.29) is 22.5 Å². The molecule has 0 fully saturated rings. The first-order valence-electron chi connectivity index (χ1n) is 10.3. The van der Waals surface area contributed by atoms with Crippen molar-refractivity contribution in [1.82, 2.24) is 0 Å². The van der Waals surface area contributed by atoms with Crippen LogP contribution in [-0.2, 0) is 10.2 Å². The van der Waals surface area contributed by atoms with Crippen molar-refractivity contribution in [3.63, 3.8) is 0 Å². The highest BCUT2D eigenvalue weighted by Crippen LogP contribution is 2.25. The van der Waals surface area contributed by atoms with Gasteiger partial charge in [0.25, 0.3) is 5.91 Å². The third-order valence-electron chi connectivity index (χ3n) is 4.83. The van der Waals surface area contributed by atoms with Gasteiger partial charge >= 0.3 is 0 Å². The van der Waals surface area contributed by atoms with Gasteiger partial charge in [0, 0.05) is 21.8 Å². The summed E-state index contributed by atoms with van der Waals surface area (Å²) in [5, 5.41) is 5.58. The van der Waals surface area contributed by atoms with Crippen LogP contribution in [0.1, 0.15) is 43.6 Å². The minimum absolute atomic E-state index is 0.0392. The Morgan fingerprint density at radius 3 is 2.03 bits per heavy atom. The SMILES string of the molecule is C[C@H](Sc1ccccc1)C(=O)Nc1cccc(NC(=O)c2ccc(C(C)(C)C)cc2)c1. The average Bonchev–Trinajstić information content (AvgIpc) is 2.74. The van der Waals surface area contributed by atoms with Crippen molar-refractivity contribution in [1.29, 1.82) is 0 Å². The van der Waals surface area contributed by atoms with Gasteiger partial charge in [0.1, 0.15) is 0 Å². The first-order chi connectivity index (χ1) is 14.7. The molecule has 3 aromatic carbocycles. The monoisotopic (exact) mass is 432 g/mol. The van der Waals surface area contributed by atoms with Crippen molar-refractivity contribution in [2.45, 2.75) is 43.3 Å². The smallest absolute Gasteiger partial charge is 0.255 e. The molecule has 0 heterocycles. The van der Waals surface area contributed by atoms with Crippen LogP contribution in [-0.4, -0.2) is 17.1 Å². The Kier molecular flexibility index (Phi) is 7.18. The molecule has 0 radical (unpaired) electrons. The average molecular weight is 433 g/mol. The normalized spacial score (nSPS) is 12.1. The zero-order valence-corrected chi connectivity index (χ0v) is 19.1. The summed E-state index contributed by atoms with van der Waals surface area (Å²) in [6.07, 6.45) is 0. The van der Waals surface area contributed by atoms with E-state index in [1.54, 1.807) is 12.1 Å². The van der Waals surface area contributed by atoms with Gasteiger partial charge in [-0.3, -0.25) is 9.59 Å². The number of amides is 2. The van der Waals surface area contributed by atoms with Crippen LogP contribution in [0.3, 0.4) is 0 Å². The molecular weight excluding hydrogens is 404 g/mol. The third-order valence-corrected chi connectivity index (χ3v) is 5.94. The molecule has 2 amide bonds. The molecule has 0 saturated carbocycles. The van der Waals surface area contributed by atoms with Crippen molar-refractivity contribution < 1.29 is 9.59 Å². The van der Waals surface area contributed by atoms with E-state index >= 15 is 0 Å². The molecule has 0 saturated heterocycles. The fourth-order valence-corrected chi connectivity index (χ4v) is 3.89. The first kappa shape index (κ1) is 22.6. The second-order valence-corrected chi connectivity index (χ2v) is 9.84. The predicted molar refractivity (Wildman–Crippen MR) is 130 cm³/mol. The van der Waals surface area contributed by atoms with Gasteiger partial charge in [-0.2, -0.15) is 0 Å². The van der Waals surface area contributed by atoms with Crippen molar-refractivity contribution in [3.8, 4) is 0 Å². The quantitative estimate of drug-likeness (QED) is 0.446. The number of carbonyl (C=O) groups is 2. The van der Waals surface area contributed by atoms with E-state index in [0.29, 0.717) is 16.9 Å². The summed E-state index contributed by atoms with van der Waals surface area (Å²) in [6.45, 7) is 8.29. The minimum atomic E-state index is -0.248. The first-order valence-corrected chi connectivity index (χ1v) is 11.1. The minimum Gasteiger partial charge on any atom is -0.325 e. The number of anilines is 2. The van der Waals surface area contributed by atoms with Crippen LogP contribution >= 0.6 is 11.8 Å². The lowest BCUT2D eigenvalue weighted by Crippen LogP contribution is -2.22. The molecule has 5 heteroatoms. The summed E-state index contributed by atoms with van der Waals surface area (Å²) in [5.74, 6) is -0.271. The highest BCUT2D eigenvalue weighted by atomic mass is 32.2. The summed E-state index contributed by atoms with van der Waals surface area (Å²) in [4.78, 5) is 26.2. The van der Waals surface area contributed by atoms with Gasteiger partial charge in [-0.05, 0) is 60.4 Å². The van der Waals surface area contributed by atoms with E-state index < -0.39 is 0 Å². The molecule has 4 nitrogen and oxygen atoms in total. The van der Waals surface area contributed by atoms with Crippen LogP contribution in [0.4, 0.5) is 11.4 Å². The second-order valence-electron chi connectivity index (χ2n) is 8.42. The lowest BCUT2D eigenvalue weighted by atomic mass is 9.87. The van der Waals surface area contributed by atoms with Crippen molar-refractivity contribution in [2.75, 3.05) is 10.6 Å². The predicted octanol–water partition coefficient (Wildman–Crippen LogP) is 6.36. The van der Waals surface area contributed by atoms with Gasteiger partial charge in [0.05, 0.1) is 5.25 Å². The molecule has 0 aliphatic heterocycles. The molecule has 2 N–H and O–H groups in total. The maximum absolute atomic E-state index is 12.6. The molecule has 0 bridgehead atoms. The topological polar surface area (TPSA) is 58.2 Å². The van der Waals surface area contributed by atoms with Crippen LogP contribution in [0, 0.1) is 0 Å². The summed E-state index contributed by atoms with van der Waals surface area (Å²) in [5.41, 5.74) is 3.08. The number of carbonyl (C=O) groups excluding carboxylic acids is 2. The van der Waals surface area contributed by atoms with E-state index in [4.69, 9.17) is 0 Å². The number of hydrogen-bond acceptors (Lipinski definition) is 3. The zero-order chi connectivity index (χ0) is 22.4. The summed E-state index contributed by atoms with van der Waals surface area (Å²) in [6, 6.07) is 24.7. The molecule has 0 aliphatic carbocycles. The van der Waals surface area contributed by atoms with Gasteiger partial charge in [-0.1, -0.05) is 57.2 Å². The van der Waals surface area contributed by atoms with E-state index in [0.717, 1.165) is 4.90 Å². The Labute approximate surface area is 188 Å². The molecule has 0 aliphatic rings. The van der Waals surface area contributed by atoms with E-state index in [2.05, 4.69) is 31.4 Å². The molecule has 1 atom stereocenters. The van der Waals surface area contributed by atoms with Crippen LogP contribution in [0.25, 0.3) is 0 Å². The highest BCUT2D eigenvalue weighted by molar-refractivity contribution is 8.00. The highest BCUT2D eigenvalue weighted by Gasteiger charge is 2.16. The number of thioether (sulfide) groups is 1. The summed E-state index contributed by atoms with van der Waals surface area (Å²) in [7, 11) is 0. The molecule has 31 heavy (non-hydrogen) atoms. The van der Waals surface area contributed by atoms with E-state index in [1.807, 2.05) is 73.7 Å². The Hall–Kier alpha value is -3.05. The number of benzene rings is 3. The molecule has 0 spiro atoms. The van der Waals surface area contributed by atoms with Crippen LogP contribution < -0.4 is 10.6 Å². The van der Waals surface area contributed by atoms with Crippen LogP contribution in [0.2, 0.25) is 0 Å². The molecule has 3 aromatic rings. The molecular formula is C26H28N2O2S. The summed E-state index contributed by atoms with van der Waals surface area (Å²) >= 11 is 1.50. The zero-order valence-electron chi connectivity index (χ0n) is 18.3. The lowest BCUT2D eigenvalue weighted by Gasteiger charge is -2.19. The molecule has 3 rings (SSSR count). The summed E-state index contributed by atoms with van der Waals surface area (Å²) < 4.78 is 0.